The van der Waals surface area contributed by atoms with Crippen LogP contribution in [0.15, 0.2) is 8.83 Å². The maximum atomic E-state index is 11.8. The van der Waals surface area contributed by atoms with Crippen molar-refractivity contribution in [2.75, 3.05) is 24.6 Å². The zero-order chi connectivity index (χ0) is 21.7. The summed E-state index contributed by atoms with van der Waals surface area (Å²) in [6.07, 6.45) is 0. The molecule has 2 rings (SSSR count). The molecule has 0 aliphatic rings. The maximum absolute atomic E-state index is 11.8. The Morgan fingerprint density at radius 1 is 0.759 bits per heavy atom. The summed E-state index contributed by atoms with van der Waals surface area (Å²) in [6, 6.07) is 0. The Balaban J connectivity index is 1.61. The first-order valence-corrected chi connectivity index (χ1v) is 10.9. The number of thioether (sulfide) groups is 1. The van der Waals surface area contributed by atoms with Crippen LogP contribution in [0.25, 0.3) is 0 Å². The van der Waals surface area contributed by atoms with Crippen molar-refractivity contribution in [2.24, 2.45) is 0 Å². The Morgan fingerprint density at radius 2 is 1.14 bits per heavy atom. The van der Waals surface area contributed by atoms with Crippen LogP contribution in [0.2, 0.25) is 0 Å². The molecule has 0 aliphatic heterocycles. The second-order valence-electron chi connectivity index (χ2n) is 4.94. The lowest BCUT2D eigenvalue weighted by Gasteiger charge is -2.05. The minimum atomic E-state index is -1.91. The molecule has 0 atom stereocenters. The van der Waals surface area contributed by atoms with Crippen molar-refractivity contribution < 1.29 is 18.4 Å². The number of carbonyl (C=O) groups excluding carboxylic acids is 2. The average Bonchev–Trinajstić information content (AvgIpc) is 3.29. The van der Waals surface area contributed by atoms with Crippen LogP contribution < -0.4 is 10.6 Å². The van der Waals surface area contributed by atoms with Gasteiger partial charge in [-0.05, 0) is 0 Å². The van der Waals surface area contributed by atoms with Gasteiger partial charge in [0.1, 0.15) is 0 Å². The van der Waals surface area contributed by atoms with Crippen molar-refractivity contribution in [1.29, 1.82) is 0 Å². The van der Waals surface area contributed by atoms with Gasteiger partial charge in [0.15, 0.2) is 0 Å². The number of hydrogen-bond acceptors (Lipinski definition) is 9. The third kappa shape index (κ3) is 7.82. The van der Waals surface area contributed by atoms with E-state index in [2.05, 4.69) is 31.0 Å². The second-order valence-corrected chi connectivity index (χ2v) is 10.7. The van der Waals surface area contributed by atoms with E-state index < -0.39 is 19.4 Å². The van der Waals surface area contributed by atoms with Crippen LogP contribution >= 0.6 is 81.4 Å². The zero-order valence-electron chi connectivity index (χ0n) is 13.9. The molecule has 0 fully saturated rings. The van der Waals surface area contributed by atoms with Crippen LogP contribution in [-0.2, 0) is 7.59 Å². The number of hydrogen-bond donors (Lipinski definition) is 2. The molecule has 0 aromatic carbocycles. The topological polar surface area (TPSA) is 136 Å². The standard InChI is InChI=1S/C12H10Cl6N6O4S/c13-11(14,15)9-23-21-7(27-9)5(25)19-1-3-29-4-2-20-6(26)8-22-24-10(28-8)12(16,17)18/h1-4H2,(H,19,25)(H,20,26). The van der Waals surface area contributed by atoms with Gasteiger partial charge in [0, 0.05) is 24.6 Å². The predicted octanol–water partition coefficient (Wildman–Crippen LogP) is 3.00. The summed E-state index contributed by atoms with van der Waals surface area (Å²) >= 11 is 34.9. The number of rotatable bonds is 8. The molecule has 2 N–H and O–H groups in total. The molecule has 2 heterocycles. The van der Waals surface area contributed by atoms with Gasteiger partial charge in [-0.25, -0.2) is 0 Å². The summed E-state index contributed by atoms with van der Waals surface area (Å²) in [4.78, 5) is 23.7. The van der Waals surface area contributed by atoms with E-state index in [0.29, 0.717) is 24.6 Å². The molecule has 0 saturated heterocycles. The molecule has 2 aromatic rings. The van der Waals surface area contributed by atoms with Crippen LogP contribution in [0.3, 0.4) is 0 Å². The smallest absolute Gasteiger partial charge is 0.308 e. The fourth-order valence-corrected chi connectivity index (χ4v) is 2.74. The van der Waals surface area contributed by atoms with E-state index in [4.69, 9.17) is 78.4 Å². The van der Waals surface area contributed by atoms with Gasteiger partial charge in [-0.3, -0.25) is 9.59 Å². The molecule has 10 nitrogen and oxygen atoms in total. The monoisotopic (exact) mass is 544 g/mol. The SMILES string of the molecule is O=C(NCCSCCNC(=O)c1nnc(C(Cl)(Cl)Cl)o1)c1nnc(C(Cl)(Cl)Cl)o1. The van der Waals surface area contributed by atoms with E-state index in [1.165, 1.54) is 11.8 Å². The van der Waals surface area contributed by atoms with Gasteiger partial charge in [0.05, 0.1) is 0 Å². The number of aromatic nitrogens is 4. The highest BCUT2D eigenvalue weighted by Gasteiger charge is 2.32. The summed E-state index contributed by atoms with van der Waals surface area (Å²) in [5, 5.41) is 19.1. The van der Waals surface area contributed by atoms with Crippen LogP contribution in [0.5, 0.6) is 0 Å². The normalized spacial score (nSPS) is 12.1. The number of nitrogens with one attached hydrogen (secondary N) is 2. The van der Waals surface area contributed by atoms with Crippen LogP contribution in [0, 0.1) is 0 Å². The van der Waals surface area contributed by atoms with Crippen LogP contribution in [-0.4, -0.2) is 56.8 Å². The molecular formula is C12H10Cl6N6O4S. The Bertz CT molecular complexity index is 782. The van der Waals surface area contributed by atoms with Gasteiger partial charge in [-0.2, -0.15) is 11.8 Å². The Hall–Kier alpha value is -0.690. The lowest BCUT2D eigenvalue weighted by molar-refractivity contribution is 0.0913. The molecule has 0 bridgehead atoms. The van der Waals surface area contributed by atoms with E-state index in [1.54, 1.807) is 0 Å². The Labute approximate surface area is 197 Å². The van der Waals surface area contributed by atoms with Crippen molar-refractivity contribution in [2.45, 2.75) is 7.59 Å². The number of alkyl halides is 6. The summed E-state index contributed by atoms with van der Waals surface area (Å²) in [6.45, 7) is 0.610. The van der Waals surface area contributed by atoms with Crippen molar-refractivity contribution in [3.05, 3.63) is 23.6 Å². The van der Waals surface area contributed by atoms with E-state index >= 15 is 0 Å². The zero-order valence-corrected chi connectivity index (χ0v) is 19.3. The largest absolute Gasteiger partial charge is 0.412 e. The maximum Gasteiger partial charge on any atom is 0.308 e. The first-order valence-electron chi connectivity index (χ1n) is 7.44. The number of amides is 2. The van der Waals surface area contributed by atoms with Gasteiger partial charge in [0.2, 0.25) is 0 Å². The van der Waals surface area contributed by atoms with Gasteiger partial charge in [-0.15, -0.1) is 20.4 Å². The van der Waals surface area contributed by atoms with Crippen molar-refractivity contribution in [3.63, 3.8) is 0 Å². The highest BCUT2D eigenvalue weighted by Crippen LogP contribution is 2.37. The van der Waals surface area contributed by atoms with Gasteiger partial charge in [-0.1, -0.05) is 69.6 Å². The molecule has 160 valence electrons. The minimum absolute atomic E-state index is 0.305. The highest BCUT2D eigenvalue weighted by molar-refractivity contribution is 7.99. The molecule has 2 aromatic heterocycles. The van der Waals surface area contributed by atoms with Crippen molar-refractivity contribution in [1.82, 2.24) is 31.0 Å². The summed E-state index contributed by atoms with van der Waals surface area (Å²) in [7, 11) is 0. The third-order valence-electron chi connectivity index (χ3n) is 2.79. The Kier molecular flexibility index (Phi) is 8.95. The number of carbonyl (C=O) groups is 2. The fourth-order valence-electron chi connectivity index (χ4n) is 1.59. The molecular weight excluding hydrogens is 537 g/mol. The molecule has 0 radical (unpaired) electrons. The van der Waals surface area contributed by atoms with E-state index in [-0.39, 0.29) is 23.6 Å². The molecule has 29 heavy (non-hydrogen) atoms. The average molecular weight is 547 g/mol. The van der Waals surface area contributed by atoms with Crippen molar-refractivity contribution >= 4 is 93.2 Å². The summed E-state index contributed by atoms with van der Waals surface area (Å²) < 4.78 is 6.12. The van der Waals surface area contributed by atoms with Crippen molar-refractivity contribution in [3.8, 4) is 0 Å². The lowest BCUT2D eigenvalue weighted by atomic mass is 10.5. The molecule has 0 aliphatic carbocycles. The van der Waals surface area contributed by atoms with Gasteiger partial charge >= 0.3 is 23.6 Å². The molecule has 0 spiro atoms. The quantitative estimate of drug-likeness (QED) is 0.378. The lowest BCUT2D eigenvalue weighted by Crippen LogP contribution is -2.28. The summed E-state index contributed by atoms with van der Waals surface area (Å²) in [5.41, 5.74) is 0. The predicted molar refractivity (Wildman–Crippen MR) is 109 cm³/mol. The van der Waals surface area contributed by atoms with E-state index in [0.717, 1.165) is 0 Å². The fraction of sp³-hybridized carbons (Fsp3) is 0.500. The first-order chi connectivity index (χ1) is 13.5. The second kappa shape index (κ2) is 10.6. The number of halogens is 6. The Morgan fingerprint density at radius 3 is 1.45 bits per heavy atom. The van der Waals surface area contributed by atoms with Crippen LogP contribution in [0.1, 0.15) is 33.2 Å². The molecule has 0 unspecified atom stereocenters. The summed E-state index contributed by atoms with van der Waals surface area (Å²) in [5.74, 6) is -1.37. The molecule has 17 heteroatoms. The minimum Gasteiger partial charge on any atom is -0.412 e. The third-order valence-corrected chi connectivity index (χ3v) is 4.74. The highest BCUT2D eigenvalue weighted by atomic mass is 35.6. The van der Waals surface area contributed by atoms with Gasteiger partial charge < -0.3 is 19.5 Å². The van der Waals surface area contributed by atoms with E-state index in [1.807, 2.05) is 0 Å². The first kappa shape index (κ1) is 24.6. The van der Waals surface area contributed by atoms with Crippen LogP contribution in [0.4, 0.5) is 0 Å². The van der Waals surface area contributed by atoms with Gasteiger partial charge in [0.25, 0.3) is 19.4 Å². The van der Waals surface area contributed by atoms with E-state index in [9.17, 15) is 9.59 Å². The molecule has 0 saturated carbocycles. The number of nitrogens with zero attached hydrogens (tertiary/aromatic N) is 4. The molecule has 2 amide bonds.